The van der Waals surface area contributed by atoms with E-state index in [-0.39, 0.29) is 6.61 Å². The maximum atomic E-state index is 9.58. The van der Waals surface area contributed by atoms with Crippen LogP contribution in [0.2, 0.25) is 0 Å². The van der Waals surface area contributed by atoms with Gasteiger partial charge in [0.25, 0.3) is 0 Å². The Morgan fingerprint density at radius 3 is 2.48 bits per heavy atom. The van der Waals surface area contributed by atoms with Gasteiger partial charge in [0, 0.05) is 5.92 Å². The molecule has 1 aromatic heterocycles. The van der Waals surface area contributed by atoms with Gasteiger partial charge in [0.05, 0.1) is 18.0 Å². The zero-order chi connectivity index (χ0) is 14.7. The van der Waals surface area contributed by atoms with Crippen LogP contribution >= 0.6 is 0 Å². The van der Waals surface area contributed by atoms with Crippen LogP contribution in [0.25, 0.3) is 5.69 Å². The van der Waals surface area contributed by atoms with Gasteiger partial charge in [-0.05, 0) is 37.0 Å². The van der Waals surface area contributed by atoms with E-state index >= 15 is 0 Å². The molecule has 1 heterocycles. The van der Waals surface area contributed by atoms with E-state index in [1.54, 1.807) is 0 Å². The molecule has 2 aromatic rings. The Morgan fingerprint density at radius 2 is 1.86 bits per heavy atom. The Balaban J connectivity index is 1.98. The van der Waals surface area contributed by atoms with Gasteiger partial charge in [0.1, 0.15) is 5.69 Å². The van der Waals surface area contributed by atoms with Crippen molar-refractivity contribution in [2.45, 2.75) is 58.0 Å². The lowest BCUT2D eigenvalue weighted by Gasteiger charge is -2.23. The van der Waals surface area contributed by atoms with Crippen LogP contribution in [-0.2, 0) is 13.0 Å². The van der Waals surface area contributed by atoms with Gasteiger partial charge in [-0.15, -0.1) is 5.10 Å². The van der Waals surface area contributed by atoms with Crippen LogP contribution in [0.4, 0.5) is 0 Å². The lowest BCUT2D eigenvalue weighted by Crippen LogP contribution is -2.13. The second kappa shape index (κ2) is 6.39. The van der Waals surface area contributed by atoms with E-state index in [1.165, 1.54) is 37.7 Å². The summed E-state index contributed by atoms with van der Waals surface area (Å²) in [5.74, 6) is 0.474. The molecule has 1 aliphatic rings. The van der Waals surface area contributed by atoms with Gasteiger partial charge in [0.15, 0.2) is 0 Å². The maximum Gasteiger partial charge on any atom is 0.112 e. The molecule has 0 amide bonds. The Morgan fingerprint density at radius 1 is 1.14 bits per heavy atom. The van der Waals surface area contributed by atoms with Crippen molar-refractivity contribution >= 4 is 0 Å². The predicted molar refractivity (Wildman–Crippen MR) is 82.5 cm³/mol. The molecule has 4 heteroatoms. The van der Waals surface area contributed by atoms with Crippen LogP contribution in [-0.4, -0.2) is 20.1 Å². The smallest absolute Gasteiger partial charge is 0.112 e. The Kier molecular flexibility index (Phi) is 4.34. The first-order valence-electron chi connectivity index (χ1n) is 7.98. The highest BCUT2D eigenvalue weighted by atomic mass is 16.3. The number of aliphatic hydroxyl groups is 1. The molecule has 0 radical (unpaired) electrons. The molecule has 1 aromatic carbocycles. The van der Waals surface area contributed by atoms with E-state index < -0.39 is 0 Å². The summed E-state index contributed by atoms with van der Waals surface area (Å²) in [6, 6.07) is 8.47. The van der Waals surface area contributed by atoms with Crippen molar-refractivity contribution in [1.82, 2.24) is 15.0 Å². The number of hydrogen-bond donors (Lipinski definition) is 1. The highest BCUT2D eigenvalue weighted by molar-refractivity contribution is 5.37. The summed E-state index contributed by atoms with van der Waals surface area (Å²) in [6.45, 7) is 2.13. The van der Waals surface area contributed by atoms with Crippen LogP contribution in [0.15, 0.2) is 24.3 Å². The van der Waals surface area contributed by atoms with Crippen molar-refractivity contribution in [3.63, 3.8) is 0 Å². The summed E-state index contributed by atoms with van der Waals surface area (Å²) >= 11 is 0. The number of aliphatic hydroxyl groups excluding tert-OH is 1. The van der Waals surface area contributed by atoms with Gasteiger partial charge >= 0.3 is 0 Å². The number of rotatable bonds is 4. The number of aromatic nitrogens is 3. The molecule has 0 bridgehead atoms. The van der Waals surface area contributed by atoms with Crippen LogP contribution in [0.5, 0.6) is 0 Å². The first kappa shape index (κ1) is 14.3. The molecule has 0 atom stereocenters. The molecule has 1 saturated carbocycles. The molecule has 4 nitrogen and oxygen atoms in total. The van der Waals surface area contributed by atoms with Gasteiger partial charge in [-0.3, -0.25) is 0 Å². The molecular formula is C17H23N3O. The van der Waals surface area contributed by atoms with E-state index in [4.69, 9.17) is 0 Å². The van der Waals surface area contributed by atoms with Crippen LogP contribution in [0.3, 0.4) is 0 Å². The monoisotopic (exact) mass is 285 g/mol. The molecular weight excluding hydrogens is 262 g/mol. The van der Waals surface area contributed by atoms with Gasteiger partial charge in [-0.25, -0.2) is 4.68 Å². The van der Waals surface area contributed by atoms with E-state index in [9.17, 15) is 5.11 Å². The third-order valence-electron chi connectivity index (χ3n) is 4.51. The predicted octanol–water partition coefficient (Wildman–Crippen LogP) is 3.37. The molecule has 1 aliphatic carbocycles. The summed E-state index contributed by atoms with van der Waals surface area (Å²) in [5, 5.41) is 18.1. The summed E-state index contributed by atoms with van der Waals surface area (Å²) in [7, 11) is 0. The molecule has 21 heavy (non-hydrogen) atoms. The third kappa shape index (κ3) is 2.86. The van der Waals surface area contributed by atoms with Crippen LogP contribution in [0.1, 0.15) is 61.9 Å². The molecule has 1 fully saturated rings. The quantitative estimate of drug-likeness (QED) is 0.937. The number of benzene rings is 1. The standard InChI is InChI=1S/C17H23N3O/c1-2-13-8-10-15(11-9-13)20-17(16(12-21)18-19-20)14-6-4-3-5-7-14/h8-11,14,21H,2-7,12H2,1H3. The van der Waals surface area contributed by atoms with Crippen molar-refractivity contribution in [2.24, 2.45) is 0 Å². The van der Waals surface area contributed by atoms with Crippen molar-refractivity contribution in [2.75, 3.05) is 0 Å². The van der Waals surface area contributed by atoms with Crippen molar-refractivity contribution in [1.29, 1.82) is 0 Å². The highest BCUT2D eigenvalue weighted by Crippen LogP contribution is 2.34. The summed E-state index contributed by atoms with van der Waals surface area (Å²) in [5.41, 5.74) is 4.21. The molecule has 3 rings (SSSR count). The number of aryl methyl sites for hydroxylation is 1. The lowest BCUT2D eigenvalue weighted by molar-refractivity contribution is 0.273. The minimum atomic E-state index is -0.0289. The second-order valence-electron chi connectivity index (χ2n) is 5.85. The Bertz CT molecular complexity index is 583. The zero-order valence-corrected chi connectivity index (χ0v) is 12.6. The van der Waals surface area contributed by atoms with E-state index in [1.807, 2.05) is 4.68 Å². The topological polar surface area (TPSA) is 50.9 Å². The summed E-state index contributed by atoms with van der Waals surface area (Å²) in [4.78, 5) is 0. The largest absolute Gasteiger partial charge is 0.390 e. The average Bonchev–Trinajstić information content (AvgIpc) is 2.99. The average molecular weight is 285 g/mol. The van der Waals surface area contributed by atoms with E-state index in [0.717, 1.165) is 23.5 Å². The highest BCUT2D eigenvalue weighted by Gasteiger charge is 2.24. The number of hydrogen-bond acceptors (Lipinski definition) is 3. The first-order chi connectivity index (χ1) is 10.3. The minimum Gasteiger partial charge on any atom is -0.390 e. The van der Waals surface area contributed by atoms with E-state index in [0.29, 0.717) is 5.92 Å². The van der Waals surface area contributed by atoms with Crippen molar-refractivity contribution < 1.29 is 5.11 Å². The Hall–Kier alpha value is -1.68. The molecule has 0 saturated heterocycles. The second-order valence-corrected chi connectivity index (χ2v) is 5.85. The minimum absolute atomic E-state index is 0.0289. The summed E-state index contributed by atoms with van der Waals surface area (Å²) in [6.07, 6.45) is 7.22. The van der Waals surface area contributed by atoms with Gasteiger partial charge in [-0.1, -0.05) is 43.5 Å². The molecule has 0 aliphatic heterocycles. The fraction of sp³-hybridized carbons (Fsp3) is 0.529. The fourth-order valence-electron chi connectivity index (χ4n) is 3.28. The van der Waals surface area contributed by atoms with Gasteiger partial charge in [0.2, 0.25) is 0 Å². The van der Waals surface area contributed by atoms with Crippen molar-refractivity contribution in [3.05, 3.63) is 41.2 Å². The zero-order valence-electron chi connectivity index (χ0n) is 12.6. The number of nitrogens with zero attached hydrogens (tertiary/aromatic N) is 3. The summed E-state index contributed by atoms with van der Waals surface area (Å²) < 4.78 is 1.93. The first-order valence-corrected chi connectivity index (χ1v) is 7.98. The lowest BCUT2D eigenvalue weighted by atomic mass is 9.86. The van der Waals surface area contributed by atoms with Gasteiger partial charge in [-0.2, -0.15) is 0 Å². The molecule has 0 unspecified atom stereocenters. The van der Waals surface area contributed by atoms with Gasteiger partial charge < -0.3 is 5.11 Å². The SMILES string of the molecule is CCc1ccc(-n2nnc(CO)c2C2CCCCC2)cc1. The molecule has 0 spiro atoms. The van der Waals surface area contributed by atoms with Crippen LogP contribution in [0, 0.1) is 0 Å². The third-order valence-corrected chi connectivity index (χ3v) is 4.51. The van der Waals surface area contributed by atoms with Crippen LogP contribution < -0.4 is 0 Å². The fourth-order valence-corrected chi connectivity index (χ4v) is 3.28. The molecule has 112 valence electrons. The normalized spacial score (nSPS) is 16.3. The van der Waals surface area contributed by atoms with Crippen molar-refractivity contribution in [3.8, 4) is 5.69 Å². The van der Waals surface area contributed by atoms with E-state index in [2.05, 4.69) is 41.5 Å². The maximum absolute atomic E-state index is 9.58. The Labute approximate surface area is 125 Å². The molecule has 1 N–H and O–H groups in total.